The van der Waals surface area contributed by atoms with Crippen LogP contribution < -0.4 is 18.9 Å². The Kier molecular flexibility index (Phi) is 12.1. The first-order chi connectivity index (χ1) is 6.13. The van der Waals surface area contributed by atoms with E-state index in [1.54, 1.807) is 0 Å². The van der Waals surface area contributed by atoms with Gasteiger partial charge in [-0.3, -0.25) is 9.59 Å². The minimum atomic E-state index is -1.31. The van der Waals surface area contributed by atoms with Crippen LogP contribution in [0.25, 0.3) is 0 Å². The van der Waals surface area contributed by atoms with E-state index in [2.05, 4.69) is 6.42 Å². The maximum atomic E-state index is 9.43. The van der Waals surface area contributed by atoms with Gasteiger partial charge in [0.2, 0.25) is 0 Å². The average molecular weight is 194 g/mol. The van der Waals surface area contributed by atoms with Gasteiger partial charge in [-0.1, -0.05) is 19.3 Å². The van der Waals surface area contributed by atoms with Gasteiger partial charge in [0.25, 0.3) is 0 Å². The molecule has 0 atom stereocenters. The van der Waals surface area contributed by atoms with Crippen molar-refractivity contribution in [1.29, 1.82) is 0 Å². The van der Waals surface area contributed by atoms with Gasteiger partial charge in [0.05, 0.1) is 0 Å². The summed E-state index contributed by atoms with van der Waals surface area (Å²) in [7, 11) is 0. The van der Waals surface area contributed by atoms with Crippen LogP contribution >= 0.6 is 0 Å². The van der Waals surface area contributed by atoms with Crippen molar-refractivity contribution in [3.05, 3.63) is 6.42 Å². The van der Waals surface area contributed by atoms with Crippen molar-refractivity contribution in [3.8, 4) is 0 Å². The molecule has 4 nitrogen and oxygen atoms in total. The number of carboxylic acids is 2. The summed E-state index contributed by atoms with van der Waals surface area (Å²) < 4.78 is 0. The number of hydrogen-bond donors (Lipinski definition) is 2. The Hall–Kier alpha value is -0.463. The van der Waals surface area contributed by atoms with Crippen LogP contribution in [0.1, 0.15) is 38.5 Å². The van der Waals surface area contributed by atoms with Crippen molar-refractivity contribution in [1.82, 2.24) is 0 Å². The second-order valence-corrected chi connectivity index (χ2v) is 2.89. The van der Waals surface area contributed by atoms with E-state index >= 15 is 0 Å². The molecule has 1 rings (SSSR count). The van der Waals surface area contributed by atoms with E-state index in [0.29, 0.717) is 0 Å². The van der Waals surface area contributed by atoms with E-state index in [1.165, 1.54) is 32.1 Å². The summed E-state index contributed by atoms with van der Waals surface area (Å²) in [6.45, 7) is 0. The van der Waals surface area contributed by atoms with Gasteiger partial charge in [-0.25, -0.2) is 0 Å². The van der Waals surface area contributed by atoms with Crippen molar-refractivity contribution < 1.29 is 38.7 Å². The van der Waals surface area contributed by atoms with Gasteiger partial charge in [0.1, 0.15) is 6.42 Å². The molecule has 0 bridgehead atoms. The second-order valence-electron chi connectivity index (χ2n) is 2.89. The van der Waals surface area contributed by atoms with Crippen molar-refractivity contribution in [3.63, 3.8) is 0 Å². The Labute approximate surface area is 95.9 Å². The summed E-state index contributed by atoms with van der Waals surface area (Å²) in [5.41, 5.74) is 0. The van der Waals surface area contributed by atoms with Crippen LogP contribution in [0.4, 0.5) is 0 Å². The first kappa shape index (κ1) is 16.0. The second kappa shape index (κ2) is 10.6. The number of hydrogen-bond acceptors (Lipinski definition) is 2. The third kappa shape index (κ3) is 14.1. The van der Waals surface area contributed by atoms with Gasteiger partial charge in [-0.15, -0.1) is 0 Å². The van der Waals surface area contributed by atoms with Crippen LogP contribution in [0.5, 0.6) is 0 Å². The molecule has 0 aromatic rings. The maximum absolute atomic E-state index is 9.43. The van der Waals surface area contributed by atoms with E-state index in [-0.39, 0.29) is 18.9 Å². The zero-order valence-electron chi connectivity index (χ0n) is 8.53. The molecular formula is C9H15LiO4. The Bertz CT molecular complexity index is 143. The molecule has 14 heavy (non-hydrogen) atoms. The summed E-state index contributed by atoms with van der Waals surface area (Å²) in [5, 5.41) is 15.4. The van der Waals surface area contributed by atoms with Crippen LogP contribution in [0.3, 0.4) is 0 Å². The van der Waals surface area contributed by atoms with Crippen molar-refractivity contribution in [2.75, 3.05) is 0 Å². The number of rotatable bonds is 2. The Balaban J connectivity index is 0. The standard InChI is InChI=1S/C6H11.C3H4O4.Li/c1-2-4-6-5-3-1;4-2(5)1-3(6)7;/h1H,2-6H2;1H2,(H,4,5)(H,6,7);/q-1;;+1. The van der Waals surface area contributed by atoms with Gasteiger partial charge in [-0.2, -0.15) is 12.8 Å². The van der Waals surface area contributed by atoms with E-state index in [9.17, 15) is 9.59 Å². The first-order valence-corrected chi connectivity index (χ1v) is 4.38. The van der Waals surface area contributed by atoms with Gasteiger partial charge >= 0.3 is 30.8 Å². The Morgan fingerprint density at radius 1 is 1.00 bits per heavy atom. The summed E-state index contributed by atoms with van der Waals surface area (Å²) in [6.07, 6.45) is 8.69. The smallest absolute Gasteiger partial charge is 0.481 e. The molecule has 1 fully saturated rings. The third-order valence-corrected chi connectivity index (χ3v) is 1.62. The molecule has 0 aromatic carbocycles. The van der Waals surface area contributed by atoms with E-state index in [1.807, 2.05) is 0 Å². The molecule has 5 heteroatoms. The molecule has 0 amide bonds. The van der Waals surface area contributed by atoms with Gasteiger partial charge in [0, 0.05) is 0 Å². The quantitative estimate of drug-likeness (QED) is 0.325. The van der Waals surface area contributed by atoms with Crippen LogP contribution in [0, 0.1) is 6.42 Å². The number of carbonyl (C=O) groups is 2. The van der Waals surface area contributed by atoms with Crippen molar-refractivity contribution >= 4 is 11.9 Å². The molecule has 2 N–H and O–H groups in total. The normalized spacial score (nSPS) is 14.3. The molecule has 1 saturated carbocycles. The summed E-state index contributed by atoms with van der Waals surface area (Å²) in [4.78, 5) is 18.9. The van der Waals surface area contributed by atoms with Crippen LogP contribution in [0.15, 0.2) is 0 Å². The third-order valence-electron chi connectivity index (χ3n) is 1.62. The zero-order valence-corrected chi connectivity index (χ0v) is 8.53. The fraction of sp³-hybridized carbons (Fsp3) is 0.667. The van der Waals surface area contributed by atoms with Crippen LogP contribution in [-0.4, -0.2) is 22.2 Å². The molecule has 1 aliphatic carbocycles. The number of aliphatic carboxylic acids is 2. The SMILES string of the molecule is O=C(O)CC(=O)O.[CH-]1CCCCC1.[Li+]. The summed E-state index contributed by atoms with van der Waals surface area (Å²) in [6, 6.07) is 0. The first-order valence-electron chi connectivity index (χ1n) is 4.38. The largest absolute Gasteiger partial charge is 1.00 e. The molecule has 0 spiro atoms. The Morgan fingerprint density at radius 2 is 1.43 bits per heavy atom. The molecule has 0 heterocycles. The fourth-order valence-electron chi connectivity index (χ4n) is 1.03. The minimum Gasteiger partial charge on any atom is -0.481 e. The van der Waals surface area contributed by atoms with E-state index in [0.717, 1.165) is 0 Å². The predicted octanol–water partition coefficient (Wildman–Crippen LogP) is -1.30. The maximum Gasteiger partial charge on any atom is 1.00 e. The Morgan fingerprint density at radius 3 is 1.50 bits per heavy atom. The van der Waals surface area contributed by atoms with Gasteiger partial charge in [0.15, 0.2) is 0 Å². The fourth-order valence-corrected chi connectivity index (χ4v) is 1.03. The molecule has 0 unspecified atom stereocenters. The molecule has 0 saturated heterocycles. The molecule has 0 radical (unpaired) electrons. The molecule has 0 aliphatic heterocycles. The topological polar surface area (TPSA) is 74.6 Å². The van der Waals surface area contributed by atoms with Gasteiger partial charge < -0.3 is 16.6 Å². The zero-order chi connectivity index (χ0) is 10.1. The minimum absolute atomic E-state index is 0. The summed E-state index contributed by atoms with van der Waals surface area (Å²) in [5.74, 6) is -2.62. The van der Waals surface area contributed by atoms with Crippen LogP contribution in [0.2, 0.25) is 0 Å². The average Bonchev–Trinajstić information content (AvgIpc) is 2.06. The van der Waals surface area contributed by atoms with E-state index in [4.69, 9.17) is 10.2 Å². The predicted molar refractivity (Wildman–Crippen MR) is 47.3 cm³/mol. The number of carboxylic acid groups (broad SMARTS) is 2. The molecule has 76 valence electrons. The molecule has 1 aliphatic rings. The van der Waals surface area contributed by atoms with E-state index < -0.39 is 18.4 Å². The van der Waals surface area contributed by atoms with Gasteiger partial charge in [-0.05, 0) is 0 Å². The molecule has 0 aromatic heterocycles. The monoisotopic (exact) mass is 194 g/mol. The molecular weight excluding hydrogens is 179 g/mol. The van der Waals surface area contributed by atoms with Crippen molar-refractivity contribution in [2.45, 2.75) is 38.5 Å². The van der Waals surface area contributed by atoms with Crippen molar-refractivity contribution in [2.24, 2.45) is 0 Å². The van der Waals surface area contributed by atoms with Crippen LogP contribution in [-0.2, 0) is 9.59 Å². The summed E-state index contributed by atoms with van der Waals surface area (Å²) >= 11 is 0.